The first-order valence-electron chi connectivity index (χ1n) is 6.37. The number of nitrogens with zero attached hydrogens (tertiary/aromatic N) is 1. The second-order valence-electron chi connectivity index (χ2n) is 4.41. The molecule has 0 aromatic heterocycles. The second kappa shape index (κ2) is 7.53. The molecule has 1 aromatic rings. The summed E-state index contributed by atoms with van der Waals surface area (Å²) in [5, 5.41) is 11.4. The Morgan fingerprint density at radius 2 is 2.00 bits per heavy atom. The van der Waals surface area contributed by atoms with Crippen LogP contribution in [-0.2, 0) is 11.2 Å². The second-order valence-corrected chi connectivity index (χ2v) is 4.41. The molecule has 1 unspecified atom stereocenters. The lowest BCUT2D eigenvalue weighted by Crippen LogP contribution is -2.34. The first-order chi connectivity index (χ1) is 9.84. The van der Waals surface area contributed by atoms with Crippen LogP contribution >= 0.6 is 0 Å². The van der Waals surface area contributed by atoms with Crippen LogP contribution in [0.5, 0.6) is 5.75 Å². The van der Waals surface area contributed by atoms with Gasteiger partial charge >= 0.3 is 6.36 Å². The molecular weight excluding hydrogens is 285 g/mol. The lowest BCUT2D eigenvalue weighted by molar-refractivity contribution is -0.274. The molecular formula is C14H15F3N2O2. The van der Waals surface area contributed by atoms with Gasteiger partial charge in [-0.05, 0) is 24.1 Å². The highest BCUT2D eigenvalue weighted by Gasteiger charge is 2.30. The Hall–Kier alpha value is -2.23. The molecule has 1 rings (SSSR count). The van der Waals surface area contributed by atoms with Crippen molar-refractivity contribution >= 4 is 5.91 Å². The number of benzene rings is 1. The van der Waals surface area contributed by atoms with Gasteiger partial charge in [-0.15, -0.1) is 13.2 Å². The largest absolute Gasteiger partial charge is 0.573 e. The first-order valence-corrected chi connectivity index (χ1v) is 6.37. The van der Waals surface area contributed by atoms with Crippen LogP contribution in [0.3, 0.4) is 0 Å². The maximum absolute atomic E-state index is 12.0. The smallest absolute Gasteiger partial charge is 0.406 e. The van der Waals surface area contributed by atoms with Gasteiger partial charge in [-0.3, -0.25) is 4.79 Å². The van der Waals surface area contributed by atoms with Gasteiger partial charge in [0.25, 0.3) is 0 Å². The summed E-state index contributed by atoms with van der Waals surface area (Å²) < 4.78 is 39.7. The zero-order valence-electron chi connectivity index (χ0n) is 11.4. The number of alkyl halides is 3. The fraction of sp³-hybridized carbons (Fsp3) is 0.429. The van der Waals surface area contributed by atoms with Crippen LogP contribution in [0.1, 0.15) is 25.3 Å². The first kappa shape index (κ1) is 16.8. The zero-order chi connectivity index (χ0) is 15.9. The van der Waals surface area contributed by atoms with Gasteiger partial charge in [0.1, 0.15) is 11.8 Å². The average Bonchev–Trinajstić information content (AvgIpc) is 2.39. The lowest BCUT2D eigenvalue weighted by atomic mass is 10.1. The number of halogens is 3. The SMILES string of the molecule is CCCC(C#N)NC(=O)Cc1ccc(OC(F)(F)F)cc1. The molecule has 0 saturated carbocycles. The molecule has 0 aliphatic carbocycles. The van der Waals surface area contributed by atoms with Gasteiger partial charge in [0.15, 0.2) is 0 Å². The minimum Gasteiger partial charge on any atom is -0.406 e. The highest BCUT2D eigenvalue weighted by atomic mass is 19.4. The fourth-order valence-electron chi connectivity index (χ4n) is 1.70. The van der Waals surface area contributed by atoms with Crippen molar-refractivity contribution in [1.82, 2.24) is 5.32 Å². The molecule has 4 nitrogen and oxygen atoms in total. The van der Waals surface area contributed by atoms with E-state index in [0.717, 1.165) is 18.6 Å². The minimum absolute atomic E-state index is 0.00576. The summed E-state index contributed by atoms with van der Waals surface area (Å²) in [4.78, 5) is 11.7. The van der Waals surface area contributed by atoms with E-state index in [2.05, 4.69) is 10.1 Å². The van der Waals surface area contributed by atoms with Crippen LogP contribution in [-0.4, -0.2) is 18.3 Å². The summed E-state index contributed by atoms with van der Waals surface area (Å²) in [6.45, 7) is 1.90. The van der Waals surface area contributed by atoms with Crippen LogP contribution in [0.25, 0.3) is 0 Å². The van der Waals surface area contributed by atoms with E-state index in [0.29, 0.717) is 12.0 Å². The molecule has 1 atom stereocenters. The predicted molar refractivity (Wildman–Crippen MR) is 69.3 cm³/mol. The molecule has 0 aliphatic heterocycles. The minimum atomic E-state index is -4.74. The predicted octanol–water partition coefficient (Wildman–Crippen LogP) is 2.94. The van der Waals surface area contributed by atoms with Crippen molar-refractivity contribution in [3.8, 4) is 11.8 Å². The average molecular weight is 300 g/mol. The Labute approximate surface area is 120 Å². The Kier molecular flexibility index (Phi) is 6.03. The van der Waals surface area contributed by atoms with Crippen molar-refractivity contribution in [3.05, 3.63) is 29.8 Å². The van der Waals surface area contributed by atoms with Gasteiger partial charge in [0.05, 0.1) is 12.5 Å². The van der Waals surface area contributed by atoms with Crippen molar-refractivity contribution in [1.29, 1.82) is 5.26 Å². The number of hydrogen-bond acceptors (Lipinski definition) is 3. The van der Waals surface area contributed by atoms with E-state index in [1.807, 2.05) is 13.0 Å². The third-order valence-electron chi connectivity index (χ3n) is 2.59. The topological polar surface area (TPSA) is 62.1 Å². The van der Waals surface area contributed by atoms with Crippen molar-refractivity contribution in [2.75, 3.05) is 0 Å². The monoisotopic (exact) mass is 300 g/mol. The van der Waals surface area contributed by atoms with Crippen molar-refractivity contribution in [3.63, 3.8) is 0 Å². The van der Waals surface area contributed by atoms with E-state index in [9.17, 15) is 18.0 Å². The number of carbonyl (C=O) groups excluding carboxylic acids is 1. The molecule has 0 heterocycles. The Morgan fingerprint density at radius 3 is 2.48 bits per heavy atom. The van der Waals surface area contributed by atoms with Crippen molar-refractivity contribution in [2.24, 2.45) is 0 Å². The molecule has 0 bridgehead atoms. The van der Waals surface area contributed by atoms with Crippen LogP contribution in [0.2, 0.25) is 0 Å². The van der Waals surface area contributed by atoms with Crippen molar-refractivity contribution in [2.45, 2.75) is 38.6 Å². The van der Waals surface area contributed by atoms with Crippen molar-refractivity contribution < 1.29 is 22.7 Å². The number of amides is 1. The number of rotatable bonds is 6. The number of ether oxygens (including phenoxy) is 1. The summed E-state index contributed by atoms with van der Waals surface area (Å²) in [5.74, 6) is -0.688. The Bertz CT molecular complexity index is 506. The molecule has 1 amide bonds. The number of carbonyl (C=O) groups is 1. The maximum atomic E-state index is 12.0. The summed E-state index contributed by atoms with van der Waals surface area (Å²) in [5.41, 5.74) is 0.537. The Balaban J connectivity index is 2.56. The third-order valence-corrected chi connectivity index (χ3v) is 2.59. The van der Waals surface area contributed by atoms with Gasteiger partial charge in [0.2, 0.25) is 5.91 Å². The molecule has 0 fully saturated rings. The third kappa shape index (κ3) is 6.65. The number of hydrogen-bond donors (Lipinski definition) is 1. The molecule has 1 aromatic carbocycles. The number of nitrogens with one attached hydrogen (secondary N) is 1. The molecule has 1 N–H and O–H groups in total. The lowest BCUT2D eigenvalue weighted by Gasteiger charge is -2.11. The van der Waals surface area contributed by atoms with Crippen LogP contribution in [0.4, 0.5) is 13.2 Å². The van der Waals surface area contributed by atoms with E-state index in [1.54, 1.807) is 0 Å². The van der Waals surface area contributed by atoms with E-state index in [-0.39, 0.29) is 18.1 Å². The van der Waals surface area contributed by atoms with E-state index in [4.69, 9.17) is 5.26 Å². The van der Waals surface area contributed by atoms with Crippen LogP contribution in [0, 0.1) is 11.3 Å². The van der Waals surface area contributed by atoms with Gasteiger partial charge in [-0.2, -0.15) is 5.26 Å². The molecule has 7 heteroatoms. The van der Waals surface area contributed by atoms with E-state index < -0.39 is 12.4 Å². The van der Waals surface area contributed by atoms with Gasteiger partial charge in [-0.1, -0.05) is 25.5 Å². The molecule has 0 spiro atoms. The summed E-state index contributed by atoms with van der Waals surface area (Å²) in [7, 11) is 0. The van der Waals surface area contributed by atoms with Gasteiger partial charge in [-0.25, -0.2) is 0 Å². The van der Waals surface area contributed by atoms with Gasteiger partial charge < -0.3 is 10.1 Å². The summed E-state index contributed by atoms with van der Waals surface area (Å²) >= 11 is 0. The summed E-state index contributed by atoms with van der Waals surface area (Å²) in [6.07, 6.45) is -3.42. The highest BCUT2D eigenvalue weighted by molar-refractivity contribution is 5.79. The highest BCUT2D eigenvalue weighted by Crippen LogP contribution is 2.22. The molecule has 21 heavy (non-hydrogen) atoms. The van der Waals surface area contributed by atoms with E-state index >= 15 is 0 Å². The maximum Gasteiger partial charge on any atom is 0.573 e. The molecule has 114 valence electrons. The fourth-order valence-corrected chi connectivity index (χ4v) is 1.70. The molecule has 0 saturated heterocycles. The zero-order valence-corrected chi connectivity index (χ0v) is 11.4. The van der Waals surface area contributed by atoms with Crippen LogP contribution in [0.15, 0.2) is 24.3 Å². The molecule has 0 radical (unpaired) electrons. The molecule has 0 aliphatic rings. The van der Waals surface area contributed by atoms with E-state index in [1.165, 1.54) is 12.1 Å². The Morgan fingerprint density at radius 1 is 1.38 bits per heavy atom. The summed E-state index contributed by atoms with van der Waals surface area (Å²) in [6, 6.07) is 6.47. The normalized spacial score (nSPS) is 12.3. The standard InChI is InChI=1S/C14H15F3N2O2/c1-2-3-11(9-18)19-13(20)8-10-4-6-12(7-5-10)21-14(15,16)17/h4-7,11H,2-3,8H2,1H3,(H,19,20). The van der Waals surface area contributed by atoms with Crippen LogP contribution < -0.4 is 10.1 Å². The number of nitriles is 1. The quantitative estimate of drug-likeness (QED) is 0.878. The van der Waals surface area contributed by atoms with Gasteiger partial charge in [0, 0.05) is 0 Å².